The van der Waals surface area contributed by atoms with E-state index in [2.05, 4.69) is 0 Å². The Morgan fingerprint density at radius 3 is 1.95 bits per heavy atom. The monoisotopic (exact) mass is 525 g/mol. The summed E-state index contributed by atoms with van der Waals surface area (Å²) in [6.45, 7) is 5.01. The second-order valence-corrected chi connectivity index (χ2v) is 10.9. The topological polar surface area (TPSA) is 122 Å². The zero-order valence-electron chi connectivity index (χ0n) is 21.0. The fraction of sp³-hybridized carbons (Fsp3) is 0.286. The number of rotatable bonds is 10. The number of benzene rings is 3. The summed E-state index contributed by atoms with van der Waals surface area (Å²) in [5, 5.41) is 0. The maximum Gasteiger partial charge on any atom is 0.339 e. The third-order valence-corrected chi connectivity index (χ3v) is 6.58. The molecule has 196 valence electrons. The summed E-state index contributed by atoms with van der Waals surface area (Å²) < 4.78 is 41.4. The smallest absolute Gasteiger partial charge is 0.339 e. The molecule has 9 heteroatoms. The van der Waals surface area contributed by atoms with Gasteiger partial charge in [-0.1, -0.05) is 60.7 Å². The van der Waals surface area contributed by atoms with Gasteiger partial charge in [0.05, 0.1) is 11.8 Å². The maximum atomic E-state index is 13.3. The Hall–Kier alpha value is -3.69. The third-order valence-electron chi connectivity index (χ3n) is 5.32. The van der Waals surface area contributed by atoms with Gasteiger partial charge in [-0.2, -0.15) is 8.42 Å². The Labute approximate surface area is 217 Å². The summed E-state index contributed by atoms with van der Waals surface area (Å²) >= 11 is 0. The second kappa shape index (κ2) is 12.0. The molecule has 2 atom stereocenters. The van der Waals surface area contributed by atoms with Crippen LogP contribution < -0.4 is 9.92 Å². The van der Waals surface area contributed by atoms with Crippen molar-refractivity contribution < 1.29 is 31.7 Å². The van der Waals surface area contributed by atoms with Crippen LogP contribution in [-0.2, 0) is 35.8 Å². The first-order valence-electron chi connectivity index (χ1n) is 11.7. The Kier molecular flexibility index (Phi) is 9.07. The molecule has 0 aliphatic heterocycles. The molecule has 3 aromatic carbocycles. The van der Waals surface area contributed by atoms with Gasteiger partial charge in [-0.15, -0.1) is 0 Å². The summed E-state index contributed by atoms with van der Waals surface area (Å²) in [4.78, 5) is 26.3. The molecule has 0 bridgehead atoms. The van der Waals surface area contributed by atoms with Crippen LogP contribution in [0.4, 0.5) is 0 Å². The van der Waals surface area contributed by atoms with E-state index in [0.29, 0.717) is 5.56 Å². The van der Waals surface area contributed by atoms with Gasteiger partial charge in [-0.25, -0.2) is 0 Å². The molecule has 0 aromatic heterocycles. The highest BCUT2D eigenvalue weighted by Gasteiger charge is 2.38. The molecule has 2 unspecified atom stereocenters. The van der Waals surface area contributed by atoms with E-state index in [9.17, 15) is 18.0 Å². The fourth-order valence-electron chi connectivity index (χ4n) is 3.59. The largest absolute Gasteiger partial charge is 0.460 e. The van der Waals surface area contributed by atoms with Gasteiger partial charge in [0.25, 0.3) is 0 Å². The minimum absolute atomic E-state index is 0.00886. The number of carbonyl (C=O) groups is 2. The molecule has 3 rings (SSSR count). The first-order valence-corrected chi connectivity index (χ1v) is 13.1. The number of nitrogens with two attached hydrogens (primary N) is 1. The van der Waals surface area contributed by atoms with Crippen molar-refractivity contribution in [2.24, 2.45) is 11.7 Å². The van der Waals surface area contributed by atoms with Gasteiger partial charge >= 0.3 is 22.1 Å². The van der Waals surface area contributed by atoms with E-state index in [0.717, 1.165) is 5.56 Å². The summed E-state index contributed by atoms with van der Waals surface area (Å²) in [5.41, 5.74) is 6.35. The van der Waals surface area contributed by atoms with Gasteiger partial charge in [-0.3, -0.25) is 9.59 Å². The van der Waals surface area contributed by atoms with Gasteiger partial charge in [0, 0.05) is 6.54 Å². The zero-order valence-corrected chi connectivity index (χ0v) is 21.8. The number of carbonyl (C=O) groups excluding carboxylic acids is 2. The maximum absolute atomic E-state index is 13.3. The van der Waals surface area contributed by atoms with Crippen molar-refractivity contribution in [2.75, 3.05) is 6.54 Å². The van der Waals surface area contributed by atoms with Crippen molar-refractivity contribution in [3.05, 3.63) is 96.1 Å². The molecule has 8 nitrogen and oxygen atoms in total. The number of esters is 2. The van der Waals surface area contributed by atoms with Crippen LogP contribution in [0.5, 0.6) is 5.75 Å². The van der Waals surface area contributed by atoms with Crippen molar-refractivity contribution in [3.8, 4) is 5.75 Å². The highest BCUT2D eigenvalue weighted by atomic mass is 32.2. The van der Waals surface area contributed by atoms with Crippen LogP contribution in [0.3, 0.4) is 0 Å². The number of ether oxygens (including phenoxy) is 2. The van der Waals surface area contributed by atoms with Crippen LogP contribution in [0.25, 0.3) is 0 Å². The Bertz CT molecular complexity index is 1290. The lowest BCUT2D eigenvalue weighted by atomic mass is 9.85. The van der Waals surface area contributed by atoms with Crippen molar-refractivity contribution in [2.45, 2.75) is 43.8 Å². The van der Waals surface area contributed by atoms with Gasteiger partial charge in [0.2, 0.25) is 0 Å². The fourth-order valence-corrected chi connectivity index (χ4v) is 4.54. The average Bonchev–Trinajstić information content (AvgIpc) is 2.86. The van der Waals surface area contributed by atoms with Crippen molar-refractivity contribution in [1.29, 1.82) is 0 Å². The first kappa shape index (κ1) is 27.9. The summed E-state index contributed by atoms with van der Waals surface area (Å²) in [6.07, 6.45) is 0. The molecule has 0 aliphatic rings. The Morgan fingerprint density at radius 2 is 1.41 bits per heavy atom. The van der Waals surface area contributed by atoms with Crippen LogP contribution in [0.15, 0.2) is 89.8 Å². The highest BCUT2D eigenvalue weighted by molar-refractivity contribution is 7.87. The highest BCUT2D eigenvalue weighted by Crippen LogP contribution is 2.31. The summed E-state index contributed by atoms with van der Waals surface area (Å²) in [6, 6.07) is 22.7. The summed E-state index contributed by atoms with van der Waals surface area (Å²) in [5.74, 6) is -3.35. The quantitative estimate of drug-likeness (QED) is 0.309. The predicted molar refractivity (Wildman–Crippen MR) is 138 cm³/mol. The first-order chi connectivity index (χ1) is 17.5. The van der Waals surface area contributed by atoms with E-state index in [1.807, 2.05) is 30.3 Å². The molecule has 0 radical (unpaired) electrons. The average molecular weight is 526 g/mol. The Morgan fingerprint density at radius 1 is 0.838 bits per heavy atom. The van der Waals surface area contributed by atoms with Crippen molar-refractivity contribution in [3.63, 3.8) is 0 Å². The van der Waals surface area contributed by atoms with Crippen LogP contribution in [0, 0.1) is 5.92 Å². The van der Waals surface area contributed by atoms with E-state index in [4.69, 9.17) is 19.4 Å². The molecule has 0 aliphatic carbocycles. The summed E-state index contributed by atoms with van der Waals surface area (Å²) in [7, 11) is -4.04. The molecule has 0 spiro atoms. The molecule has 0 amide bonds. The lowest BCUT2D eigenvalue weighted by Gasteiger charge is -2.28. The van der Waals surface area contributed by atoms with Crippen LogP contribution in [0.2, 0.25) is 0 Å². The van der Waals surface area contributed by atoms with E-state index in [1.54, 1.807) is 39.0 Å². The van der Waals surface area contributed by atoms with Gasteiger partial charge in [0.1, 0.15) is 22.9 Å². The van der Waals surface area contributed by atoms with Crippen molar-refractivity contribution in [1.82, 2.24) is 0 Å². The van der Waals surface area contributed by atoms with Gasteiger partial charge in [0.15, 0.2) is 0 Å². The molecule has 0 fully saturated rings. The lowest BCUT2D eigenvalue weighted by Crippen LogP contribution is -2.39. The van der Waals surface area contributed by atoms with Gasteiger partial charge < -0.3 is 19.4 Å². The molecular weight excluding hydrogens is 494 g/mol. The predicted octanol–water partition coefficient (Wildman–Crippen LogP) is 4.20. The van der Waals surface area contributed by atoms with Crippen LogP contribution >= 0.6 is 0 Å². The Balaban J connectivity index is 1.87. The number of hydrogen-bond acceptors (Lipinski definition) is 8. The van der Waals surface area contributed by atoms with Crippen LogP contribution in [0.1, 0.15) is 37.8 Å². The van der Waals surface area contributed by atoms with E-state index in [-0.39, 0.29) is 23.8 Å². The minimum atomic E-state index is -4.04. The second-order valence-electron chi connectivity index (χ2n) is 9.37. The SMILES string of the molecule is CC(C)(C)OC(=O)C(CN)C(C(=O)OCc1ccccc1)c1ccc(OS(=O)(=O)c2ccccc2)cc1. The van der Waals surface area contributed by atoms with Crippen LogP contribution in [-0.4, -0.2) is 32.5 Å². The standard InChI is InChI=1S/C28H31NO7S/c1-28(2,3)35-26(30)24(18-29)25(27(31)34-19-20-10-6-4-7-11-20)21-14-16-22(17-15-21)36-37(32,33)23-12-8-5-9-13-23/h4-17,24-25H,18-19,29H2,1-3H3. The third kappa shape index (κ3) is 7.90. The molecule has 0 heterocycles. The molecule has 37 heavy (non-hydrogen) atoms. The zero-order chi connectivity index (χ0) is 27.1. The van der Waals surface area contributed by atoms with Gasteiger partial charge in [-0.05, 0) is 56.2 Å². The number of hydrogen-bond donors (Lipinski definition) is 1. The minimum Gasteiger partial charge on any atom is -0.460 e. The lowest BCUT2D eigenvalue weighted by molar-refractivity contribution is -0.165. The van der Waals surface area contributed by atoms with Crippen molar-refractivity contribution >= 4 is 22.1 Å². The molecule has 3 aromatic rings. The molecular formula is C28H31NO7S. The van der Waals surface area contributed by atoms with E-state index < -0.39 is 39.5 Å². The molecule has 0 saturated carbocycles. The normalized spacial score (nSPS) is 13.3. The van der Waals surface area contributed by atoms with E-state index >= 15 is 0 Å². The molecule has 0 saturated heterocycles. The molecule has 2 N–H and O–H groups in total. The van der Waals surface area contributed by atoms with E-state index in [1.165, 1.54) is 36.4 Å².